The highest BCUT2D eigenvalue weighted by molar-refractivity contribution is 14.0. The first-order valence-corrected chi connectivity index (χ1v) is 11.1. The summed E-state index contributed by atoms with van der Waals surface area (Å²) in [5, 5.41) is 6.65. The van der Waals surface area contributed by atoms with E-state index in [9.17, 15) is 4.79 Å². The lowest BCUT2D eigenvalue weighted by molar-refractivity contribution is 0.0529. The maximum absolute atomic E-state index is 12.0. The van der Waals surface area contributed by atoms with Crippen LogP contribution in [-0.4, -0.2) is 68.2 Å². The molecule has 1 saturated heterocycles. The minimum Gasteiger partial charge on any atom is -0.375 e. The van der Waals surface area contributed by atoms with Gasteiger partial charge in [0.15, 0.2) is 5.96 Å². The Morgan fingerprint density at radius 1 is 1.21 bits per heavy atom. The Labute approximate surface area is 213 Å². The van der Waals surface area contributed by atoms with E-state index in [-0.39, 0.29) is 36.0 Å². The van der Waals surface area contributed by atoms with Crippen LogP contribution < -0.4 is 15.5 Å². The Bertz CT molecular complexity index is 919. The van der Waals surface area contributed by atoms with E-state index in [0.29, 0.717) is 18.7 Å². The highest BCUT2D eigenvalue weighted by atomic mass is 127. The van der Waals surface area contributed by atoms with Crippen molar-refractivity contribution in [2.45, 2.75) is 33.0 Å². The topological polar surface area (TPSA) is 82.1 Å². The molecule has 2 heterocycles. The minimum atomic E-state index is 0. The van der Waals surface area contributed by atoms with E-state index in [4.69, 9.17) is 9.73 Å². The molecule has 1 unspecified atom stereocenters. The van der Waals surface area contributed by atoms with Gasteiger partial charge < -0.3 is 25.2 Å². The van der Waals surface area contributed by atoms with Crippen LogP contribution in [-0.2, 0) is 17.8 Å². The van der Waals surface area contributed by atoms with Crippen molar-refractivity contribution in [3.05, 3.63) is 59.3 Å². The Balaban J connectivity index is 0.00000385. The Hall–Kier alpha value is -2.40. The number of halogens is 1. The molecule has 1 amide bonds. The zero-order valence-corrected chi connectivity index (χ0v) is 22.2. The van der Waals surface area contributed by atoms with Crippen molar-refractivity contribution < 1.29 is 9.53 Å². The molecule has 2 N–H and O–H groups in total. The van der Waals surface area contributed by atoms with Crippen LogP contribution in [0.5, 0.6) is 0 Å². The van der Waals surface area contributed by atoms with E-state index in [1.165, 1.54) is 0 Å². The molecule has 1 aromatic heterocycles. The molecule has 0 saturated carbocycles. The number of amides is 1. The zero-order chi connectivity index (χ0) is 22.9. The number of ether oxygens (including phenoxy) is 1. The molecule has 3 rings (SSSR count). The summed E-state index contributed by atoms with van der Waals surface area (Å²) < 4.78 is 5.63. The number of benzene rings is 1. The molecule has 1 fully saturated rings. The van der Waals surface area contributed by atoms with Crippen molar-refractivity contribution in [3.63, 3.8) is 0 Å². The van der Waals surface area contributed by atoms with Gasteiger partial charge in [0.25, 0.3) is 5.91 Å². The molecule has 1 aliphatic heterocycles. The highest BCUT2D eigenvalue weighted by Crippen LogP contribution is 2.17. The lowest BCUT2D eigenvalue weighted by Gasteiger charge is -2.32. The van der Waals surface area contributed by atoms with Crippen LogP contribution >= 0.6 is 24.0 Å². The number of aliphatic imine (C=N–C) groups is 1. The van der Waals surface area contributed by atoms with Crippen molar-refractivity contribution in [3.8, 4) is 0 Å². The lowest BCUT2D eigenvalue weighted by Crippen LogP contribution is -2.41. The number of carbonyl (C=O) groups excluding carboxylic acids is 1. The van der Waals surface area contributed by atoms with Crippen LogP contribution in [0.2, 0.25) is 0 Å². The van der Waals surface area contributed by atoms with Gasteiger partial charge in [-0.1, -0.05) is 12.1 Å². The van der Waals surface area contributed by atoms with E-state index in [2.05, 4.69) is 33.5 Å². The predicted octanol–water partition coefficient (Wildman–Crippen LogP) is 2.88. The molecule has 0 spiro atoms. The molecule has 8 nitrogen and oxygen atoms in total. The maximum atomic E-state index is 12.0. The summed E-state index contributed by atoms with van der Waals surface area (Å²) in [5.41, 5.74) is 2.87. The summed E-state index contributed by atoms with van der Waals surface area (Å²) in [6.45, 7) is 8.51. The average Bonchev–Trinajstić information content (AvgIpc) is 2.81. The largest absolute Gasteiger partial charge is 0.375 e. The van der Waals surface area contributed by atoms with Crippen molar-refractivity contribution >= 4 is 41.7 Å². The van der Waals surface area contributed by atoms with Crippen molar-refractivity contribution in [2.75, 3.05) is 45.2 Å². The van der Waals surface area contributed by atoms with Crippen LogP contribution in [0.4, 0.5) is 5.82 Å². The number of nitrogens with one attached hydrogen (secondary N) is 2. The number of guanidine groups is 1. The first kappa shape index (κ1) is 26.8. The number of aromatic nitrogens is 1. The number of anilines is 1. The molecule has 2 aromatic rings. The molecular formula is C24H35IN6O2. The SMILES string of the molecule is CCNC(=NCc1ccnc(N2CCOC(C)C2)c1)NCc1ccc(C(=O)N(C)C)cc1.I. The van der Waals surface area contributed by atoms with E-state index >= 15 is 0 Å². The van der Waals surface area contributed by atoms with Crippen LogP contribution in [0.25, 0.3) is 0 Å². The van der Waals surface area contributed by atoms with Crippen molar-refractivity contribution in [1.29, 1.82) is 0 Å². The van der Waals surface area contributed by atoms with Gasteiger partial charge in [0.1, 0.15) is 5.82 Å². The number of hydrogen-bond donors (Lipinski definition) is 2. The van der Waals surface area contributed by atoms with Gasteiger partial charge in [-0.15, -0.1) is 24.0 Å². The number of carbonyl (C=O) groups is 1. The quantitative estimate of drug-likeness (QED) is 0.305. The van der Waals surface area contributed by atoms with Crippen molar-refractivity contribution in [1.82, 2.24) is 20.5 Å². The second-order valence-corrected chi connectivity index (χ2v) is 8.09. The summed E-state index contributed by atoms with van der Waals surface area (Å²) in [7, 11) is 3.51. The monoisotopic (exact) mass is 566 g/mol. The Morgan fingerprint density at radius 2 is 1.97 bits per heavy atom. The molecule has 0 radical (unpaired) electrons. The third kappa shape index (κ3) is 8.15. The fourth-order valence-electron chi connectivity index (χ4n) is 3.48. The molecule has 1 aromatic carbocycles. The van der Waals surface area contributed by atoms with Crippen LogP contribution in [0.3, 0.4) is 0 Å². The van der Waals surface area contributed by atoms with Gasteiger partial charge in [-0.25, -0.2) is 9.98 Å². The van der Waals surface area contributed by atoms with Crippen LogP contribution in [0.1, 0.15) is 35.3 Å². The summed E-state index contributed by atoms with van der Waals surface area (Å²) in [6, 6.07) is 11.7. The van der Waals surface area contributed by atoms with E-state index in [0.717, 1.165) is 49.1 Å². The summed E-state index contributed by atoms with van der Waals surface area (Å²) >= 11 is 0. The van der Waals surface area contributed by atoms with Gasteiger partial charge in [-0.05, 0) is 49.2 Å². The standard InChI is InChI=1S/C24H34N6O2.HI/c1-5-25-24(27-15-19-6-8-21(9-7-19)23(31)29(3)4)28-16-20-10-11-26-22(14-20)30-12-13-32-18(2)17-30;/h6-11,14,18H,5,12-13,15-17H2,1-4H3,(H2,25,27,28);1H. The molecule has 9 heteroatoms. The Kier molecular flexibility index (Phi) is 10.9. The summed E-state index contributed by atoms with van der Waals surface area (Å²) in [4.78, 5) is 25.1. The van der Waals surface area contributed by atoms with Gasteiger partial charge in [0.05, 0.1) is 19.3 Å². The van der Waals surface area contributed by atoms with Gasteiger partial charge in [-0.2, -0.15) is 0 Å². The lowest BCUT2D eigenvalue weighted by atomic mass is 10.1. The van der Waals surface area contributed by atoms with Gasteiger partial charge in [0, 0.05) is 52.0 Å². The van der Waals surface area contributed by atoms with Crippen LogP contribution in [0, 0.1) is 0 Å². The molecule has 1 aliphatic rings. The van der Waals surface area contributed by atoms with Gasteiger partial charge in [-0.3, -0.25) is 4.79 Å². The fourth-order valence-corrected chi connectivity index (χ4v) is 3.48. The molecule has 1 atom stereocenters. The second kappa shape index (κ2) is 13.3. The van der Waals surface area contributed by atoms with Gasteiger partial charge in [0.2, 0.25) is 0 Å². The van der Waals surface area contributed by atoms with Gasteiger partial charge >= 0.3 is 0 Å². The second-order valence-electron chi connectivity index (χ2n) is 8.09. The number of hydrogen-bond acceptors (Lipinski definition) is 5. The fraction of sp³-hybridized carbons (Fsp3) is 0.458. The number of pyridine rings is 1. The molecule has 180 valence electrons. The van der Waals surface area contributed by atoms with Crippen molar-refractivity contribution in [2.24, 2.45) is 4.99 Å². The highest BCUT2D eigenvalue weighted by Gasteiger charge is 2.18. The molecular weight excluding hydrogens is 531 g/mol. The van der Waals surface area contributed by atoms with E-state index in [1.54, 1.807) is 19.0 Å². The zero-order valence-electron chi connectivity index (χ0n) is 19.9. The summed E-state index contributed by atoms with van der Waals surface area (Å²) in [6.07, 6.45) is 2.06. The summed E-state index contributed by atoms with van der Waals surface area (Å²) in [5.74, 6) is 1.72. The minimum absolute atomic E-state index is 0. The number of rotatable bonds is 7. The third-order valence-electron chi connectivity index (χ3n) is 5.21. The van der Waals surface area contributed by atoms with Crippen LogP contribution in [0.15, 0.2) is 47.6 Å². The Morgan fingerprint density at radius 3 is 2.64 bits per heavy atom. The first-order chi connectivity index (χ1) is 15.5. The smallest absolute Gasteiger partial charge is 0.253 e. The third-order valence-corrected chi connectivity index (χ3v) is 5.21. The first-order valence-electron chi connectivity index (χ1n) is 11.1. The molecule has 33 heavy (non-hydrogen) atoms. The number of morpholine rings is 1. The average molecular weight is 566 g/mol. The molecule has 0 aliphatic carbocycles. The normalized spacial score (nSPS) is 16.1. The molecule has 0 bridgehead atoms. The predicted molar refractivity (Wildman–Crippen MR) is 143 cm³/mol. The van der Waals surface area contributed by atoms with E-state index < -0.39 is 0 Å². The maximum Gasteiger partial charge on any atom is 0.253 e. The van der Waals surface area contributed by atoms with E-state index in [1.807, 2.05) is 43.5 Å². The number of nitrogens with zero attached hydrogens (tertiary/aromatic N) is 4.